The van der Waals surface area contributed by atoms with Crippen LogP contribution in [0.15, 0.2) is 12.2 Å². The molecule has 1 rings (SSSR count). The fourth-order valence-electron chi connectivity index (χ4n) is 0.560. The minimum atomic E-state index is -0.347. The van der Waals surface area contributed by atoms with E-state index in [0.29, 0.717) is 6.61 Å². The molecule has 1 saturated heterocycles. The van der Waals surface area contributed by atoms with Crippen LogP contribution in [0.4, 0.5) is 0 Å². The maximum Gasteiger partial charge on any atom is 0.135 e. The summed E-state index contributed by atoms with van der Waals surface area (Å²) in [7, 11) is 0. The fraction of sp³-hybridized carbons (Fsp3) is 0.667. The van der Waals surface area contributed by atoms with Gasteiger partial charge >= 0.3 is 0 Å². The second-order valence-electron chi connectivity index (χ2n) is 2.22. The third kappa shape index (κ3) is 0.659. The number of aliphatic hydroxyl groups excluding tert-OH is 1. The highest BCUT2D eigenvalue weighted by Gasteiger charge is 2.44. The number of hydrogen-bond acceptors (Lipinski definition) is 2. The molecule has 2 nitrogen and oxygen atoms in total. The maximum atomic E-state index is 8.64. The van der Waals surface area contributed by atoms with Crippen molar-refractivity contribution in [2.45, 2.75) is 12.5 Å². The summed E-state index contributed by atoms with van der Waals surface area (Å²) >= 11 is 0. The van der Waals surface area contributed by atoms with E-state index in [2.05, 4.69) is 6.58 Å². The molecule has 1 fully saturated rings. The van der Waals surface area contributed by atoms with Gasteiger partial charge in [0.1, 0.15) is 5.60 Å². The van der Waals surface area contributed by atoms with Gasteiger partial charge in [0.15, 0.2) is 0 Å². The van der Waals surface area contributed by atoms with Crippen molar-refractivity contribution in [2.75, 3.05) is 13.2 Å². The number of ether oxygens (including phenoxy) is 1. The van der Waals surface area contributed by atoms with Gasteiger partial charge in [0.2, 0.25) is 0 Å². The Bertz CT molecular complexity index is 114. The summed E-state index contributed by atoms with van der Waals surface area (Å²) in [6.45, 7) is 6.25. The molecule has 1 N–H and O–H groups in total. The van der Waals surface area contributed by atoms with Crippen molar-refractivity contribution in [2.24, 2.45) is 0 Å². The molecule has 0 aliphatic carbocycles. The highest BCUT2D eigenvalue weighted by Crippen LogP contribution is 2.32. The molecular weight excluding hydrogens is 104 g/mol. The topological polar surface area (TPSA) is 32.8 Å². The minimum Gasteiger partial charge on any atom is -0.393 e. The van der Waals surface area contributed by atoms with Crippen molar-refractivity contribution in [3.8, 4) is 0 Å². The van der Waals surface area contributed by atoms with Crippen LogP contribution in [0.3, 0.4) is 0 Å². The first kappa shape index (κ1) is 5.79. The van der Waals surface area contributed by atoms with Crippen LogP contribution >= 0.6 is 0 Å². The average Bonchev–Trinajstić information content (AvgIpc) is 2.44. The zero-order valence-corrected chi connectivity index (χ0v) is 4.98. The summed E-state index contributed by atoms with van der Waals surface area (Å²) < 4.78 is 4.96. The summed E-state index contributed by atoms with van der Waals surface area (Å²) in [6, 6.07) is 0. The lowest BCUT2D eigenvalue weighted by molar-refractivity contribution is 0.196. The van der Waals surface area contributed by atoms with Crippen LogP contribution in [0.1, 0.15) is 6.92 Å². The molecule has 0 radical (unpaired) electrons. The van der Waals surface area contributed by atoms with Gasteiger partial charge in [0, 0.05) is 0 Å². The molecule has 46 valence electrons. The largest absolute Gasteiger partial charge is 0.393 e. The first-order chi connectivity index (χ1) is 3.71. The first-order valence-corrected chi connectivity index (χ1v) is 2.62. The van der Waals surface area contributed by atoms with E-state index in [1.807, 2.05) is 6.92 Å². The zero-order chi connectivity index (χ0) is 6.20. The van der Waals surface area contributed by atoms with Gasteiger partial charge in [0.05, 0.1) is 13.2 Å². The minimum absolute atomic E-state index is 0.0718. The van der Waals surface area contributed by atoms with E-state index in [-0.39, 0.29) is 12.2 Å². The fourth-order valence-corrected chi connectivity index (χ4v) is 0.560. The van der Waals surface area contributed by atoms with Crippen molar-refractivity contribution in [1.29, 1.82) is 0 Å². The molecular formula is C6H10O2. The van der Waals surface area contributed by atoms with Crippen LogP contribution in [0.25, 0.3) is 0 Å². The molecule has 8 heavy (non-hydrogen) atoms. The Labute approximate surface area is 48.8 Å². The van der Waals surface area contributed by atoms with E-state index in [9.17, 15) is 0 Å². The van der Waals surface area contributed by atoms with Crippen LogP contribution < -0.4 is 0 Å². The van der Waals surface area contributed by atoms with E-state index in [0.717, 1.165) is 5.57 Å². The van der Waals surface area contributed by atoms with Crippen LogP contribution in [-0.4, -0.2) is 23.9 Å². The zero-order valence-electron chi connectivity index (χ0n) is 4.98. The number of aliphatic hydroxyl groups is 1. The standard InChI is InChI=1S/C6H10O2/c1-5(2)6(3-7)4-8-6/h7H,1,3-4H2,2H3/t6-/m0/s1. The van der Waals surface area contributed by atoms with Crippen LogP contribution in [-0.2, 0) is 4.74 Å². The van der Waals surface area contributed by atoms with E-state index < -0.39 is 0 Å². The molecule has 1 aliphatic rings. The third-order valence-corrected chi connectivity index (χ3v) is 1.53. The smallest absolute Gasteiger partial charge is 0.135 e. The Kier molecular flexibility index (Phi) is 1.14. The number of hydrogen-bond donors (Lipinski definition) is 1. The Morgan fingerprint density at radius 3 is 2.50 bits per heavy atom. The van der Waals surface area contributed by atoms with Gasteiger partial charge in [-0.3, -0.25) is 0 Å². The predicted molar refractivity (Wildman–Crippen MR) is 30.6 cm³/mol. The Balaban J connectivity index is 2.53. The van der Waals surface area contributed by atoms with Crippen LogP contribution in [0.5, 0.6) is 0 Å². The lowest BCUT2D eigenvalue weighted by Gasteiger charge is -2.04. The van der Waals surface area contributed by atoms with E-state index in [1.54, 1.807) is 0 Å². The molecule has 0 bridgehead atoms. The first-order valence-electron chi connectivity index (χ1n) is 2.62. The van der Waals surface area contributed by atoms with Crippen molar-refractivity contribution >= 4 is 0 Å². The summed E-state index contributed by atoms with van der Waals surface area (Å²) in [4.78, 5) is 0. The van der Waals surface area contributed by atoms with E-state index >= 15 is 0 Å². The second kappa shape index (κ2) is 1.57. The van der Waals surface area contributed by atoms with Crippen LogP contribution in [0.2, 0.25) is 0 Å². The summed E-state index contributed by atoms with van der Waals surface area (Å²) in [5.74, 6) is 0. The lowest BCUT2D eigenvalue weighted by atomic mass is 10.1. The highest BCUT2D eigenvalue weighted by atomic mass is 16.6. The number of epoxide rings is 1. The normalized spacial score (nSPS) is 34.8. The van der Waals surface area contributed by atoms with Crippen LogP contribution in [0, 0.1) is 0 Å². The molecule has 2 heteroatoms. The molecule has 0 amide bonds. The van der Waals surface area contributed by atoms with Crippen molar-refractivity contribution in [1.82, 2.24) is 0 Å². The summed E-state index contributed by atoms with van der Waals surface area (Å²) in [5.41, 5.74) is 0.569. The molecule has 0 saturated carbocycles. The lowest BCUT2D eigenvalue weighted by Crippen LogP contribution is -2.16. The molecule has 0 unspecified atom stereocenters. The molecule has 1 aliphatic heterocycles. The monoisotopic (exact) mass is 114 g/mol. The second-order valence-corrected chi connectivity index (χ2v) is 2.22. The van der Waals surface area contributed by atoms with Gasteiger partial charge in [-0.05, 0) is 12.5 Å². The molecule has 0 aromatic carbocycles. The molecule has 0 aromatic heterocycles. The van der Waals surface area contributed by atoms with Gasteiger partial charge in [-0.25, -0.2) is 0 Å². The Morgan fingerprint density at radius 1 is 2.00 bits per heavy atom. The van der Waals surface area contributed by atoms with Gasteiger partial charge in [-0.15, -0.1) is 0 Å². The SMILES string of the molecule is C=C(C)[C@]1(CO)CO1. The maximum absolute atomic E-state index is 8.64. The highest BCUT2D eigenvalue weighted by molar-refractivity contribution is 5.17. The summed E-state index contributed by atoms with van der Waals surface area (Å²) in [6.07, 6.45) is 0. The molecule has 0 spiro atoms. The average molecular weight is 114 g/mol. The quantitative estimate of drug-likeness (QED) is 0.414. The Morgan fingerprint density at radius 2 is 2.50 bits per heavy atom. The summed E-state index contributed by atoms with van der Waals surface area (Å²) in [5, 5.41) is 8.64. The van der Waals surface area contributed by atoms with Crippen molar-refractivity contribution < 1.29 is 9.84 Å². The van der Waals surface area contributed by atoms with Gasteiger partial charge in [-0.2, -0.15) is 0 Å². The molecule has 1 heterocycles. The van der Waals surface area contributed by atoms with E-state index in [4.69, 9.17) is 9.84 Å². The molecule has 0 aromatic rings. The van der Waals surface area contributed by atoms with E-state index in [1.165, 1.54) is 0 Å². The van der Waals surface area contributed by atoms with Gasteiger partial charge < -0.3 is 9.84 Å². The molecule has 1 atom stereocenters. The predicted octanol–water partition coefficient (Wildman–Crippen LogP) is 0.324. The third-order valence-electron chi connectivity index (χ3n) is 1.53. The van der Waals surface area contributed by atoms with Gasteiger partial charge in [-0.1, -0.05) is 6.58 Å². The Hall–Kier alpha value is -0.340. The van der Waals surface area contributed by atoms with Crippen molar-refractivity contribution in [3.63, 3.8) is 0 Å². The van der Waals surface area contributed by atoms with Gasteiger partial charge in [0.25, 0.3) is 0 Å². The number of rotatable bonds is 2. The van der Waals surface area contributed by atoms with Crippen molar-refractivity contribution in [3.05, 3.63) is 12.2 Å².